The van der Waals surface area contributed by atoms with Crippen molar-refractivity contribution in [3.8, 4) is 0 Å². The first kappa shape index (κ1) is 30.5. The smallest absolute Gasteiger partial charge is 0.247 e. The van der Waals surface area contributed by atoms with Crippen molar-refractivity contribution >= 4 is 47.2 Å². The Balaban J connectivity index is 0.987. The van der Waals surface area contributed by atoms with Gasteiger partial charge in [0, 0.05) is 48.2 Å². The number of hydrogen-bond donors (Lipinski definition) is 4. The predicted molar refractivity (Wildman–Crippen MR) is 173 cm³/mol. The molecule has 46 heavy (non-hydrogen) atoms. The number of imidazole rings is 2. The number of aromatic nitrogens is 4. The van der Waals surface area contributed by atoms with E-state index in [1.807, 2.05) is 60.7 Å². The Labute approximate surface area is 266 Å². The number of hydrogen-bond acceptors (Lipinski definition) is 6. The van der Waals surface area contributed by atoms with E-state index < -0.39 is 12.1 Å². The van der Waals surface area contributed by atoms with Crippen molar-refractivity contribution in [2.24, 2.45) is 0 Å². The highest BCUT2D eigenvalue weighted by molar-refractivity contribution is 5.98. The highest BCUT2D eigenvalue weighted by atomic mass is 16.2. The van der Waals surface area contributed by atoms with Crippen LogP contribution in [0.2, 0.25) is 0 Å². The maximum Gasteiger partial charge on any atom is 0.247 e. The van der Waals surface area contributed by atoms with Crippen molar-refractivity contribution in [3.05, 3.63) is 96.1 Å². The standard InChI is InChI=1S/C34H36N8O4/c43-31(17-27-19-35-21-37-27)41-15-1-3-29(41)33(45)39-25-11-7-23(8-12-25)5-6-24-9-13-26(14-10-24)40-34(46)30-4-2-16-42(30)32(44)18-28-20-36-22-38-28/h5-14,19-22,29-30H,1-4,15-18H2,(H,35,37)(H,36,38)(H,39,45)(H,40,46)/b6-5+/t29-,30-/m1/s1. The second kappa shape index (κ2) is 14.1. The van der Waals surface area contributed by atoms with E-state index in [9.17, 15) is 19.2 Å². The van der Waals surface area contributed by atoms with Crippen LogP contribution in [0.5, 0.6) is 0 Å². The number of aromatic amines is 2. The fraction of sp³-hybridized carbons (Fsp3) is 0.294. The van der Waals surface area contributed by atoms with Crippen LogP contribution in [-0.2, 0) is 32.0 Å². The van der Waals surface area contributed by atoms with E-state index in [0.29, 0.717) is 37.3 Å². The van der Waals surface area contributed by atoms with Crippen LogP contribution in [0.3, 0.4) is 0 Å². The van der Waals surface area contributed by atoms with Crippen LogP contribution in [0.4, 0.5) is 11.4 Å². The summed E-state index contributed by atoms with van der Waals surface area (Å²) in [4.78, 5) is 68.6. The monoisotopic (exact) mass is 620 g/mol. The van der Waals surface area contributed by atoms with Crippen molar-refractivity contribution in [2.45, 2.75) is 50.6 Å². The van der Waals surface area contributed by atoms with Gasteiger partial charge in [-0.1, -0.05) is 36.4 Å². The molecule has 4 amide bonds. The fourth-order valence-electron chi connectivity index (χ4n) is 5.97. The van der Waals surface area contributed by atoms with Crippen molar-refractivity contribution < 1.29 is 19.2 Å². The van der Waals surface area contributed by atoms with Crippen LogP contribution >= 0.6 is 0 Å². The van der Waals surface area contributed by atoms with Gasteiger partial charge >= 0.3 is 0 Å². The summed E-state index contributed by atoms with van der Waals surface area (Å²) >= 11 is 0. The summed E-state index contributed by atoms with van der Waals surface area (Å²) in [7, 11) is 0. The molecule has 2 aromatic heterocycles. The summed E-state index contributed by atoms with van der Waals surface area (Å²) in [6.07, 6.45) is 13.5. The topological polar surface area (TPSA) is 156 Å². The molecule has 0 radical (unpaired) electrons. The molecule has 0 unspecified atom stereocenters. The lowest BCUT2D eigenvalue weighted by Crippen LogP contribution is -2.43. The van der Waals surface area contributed by atoms with Crippen LogP contribution in [0.25, 0.3) is 12.2 Å². The third-order valence-electron chi connectivity index (χ3n) is 8.37. The maximum atomic E-state index is 13.0. The normalized spacial score (nSPS) is 17.8. The SMILES string of the molecule is O=C(Nc1ccc(/C=C/c2ccc(NC(=O)[C@H]3CCCN3C(=O)Cc3cnc[nH]3)cc2)cc1)[C@H]1CCCN1C(=O)Cc1cnc[nH]1. The van der Waals surface area contributed by atoms with Crippen molar-refractivity contribution in [2.75, 3.05) is 23.7 Å². The van der Waals surface area contributed by atoms with E-state index in [1.165, 1.54) is 12.7 Å². The lowest BCUT2D eigenvalue weighted by Gasteiger charge is -2.24. The van der Waals surface area contributed by atoms with Crippen LogP contribution in [0.1, 0.15) is 48.2 Å². The molecule has 2 atom stereocenters. The summed E-state index contributed by atoms with van der Waals surface area (Å²) in [6.45, 7) is 1.13. The Morgan fingerprint density at radius 2 is 1.09 bits per heavy atom. The zero-order valence-corrected chi connectivity index (χ0v) is 25.3. The van der Waals surface area contributed by atoms with E-state index in [0.717, 1.165) is 35.4 Å². The van der Waals surface area contributed by atoms with Gasteiger partial charge in [-0.15, -0.1) is 0 Å². The number of nitrogens with zero attached hydrogens (tertiary/aromatic N) is 4. The molecule has 4 N–H and O–H groups in total. The molecule has 4 aromatic rings. The Hall–Kier alpha value is -5.52. The number of anilines is 2. The van der Waals surface area contributed by atoms with Gasteiger partial charge in [-0.05, 0) is 61.1 Å². The van der Waals surface area contributed by atoms with E-state index >= 15 is 0 Å². The minimum absolute atomic E-state index is 0.0908. The molecule has 0 aliphatic carbocycles. The van der Waals surface area contributed by atoms with Gasteiger partial charge in [0.15, 0.2) is 0 Å². The first-order chi connectivity index (χ1) is 22.4. The highest BCUT2D eigenvalue weighted by Crippen LogP contribution is 2.23. The molecule has 4 heterocycles. The molecular formula is C34H36N8O4. The second-order valence-electron chi connectivity index (χ2n) is 11.6. The van der Waals surface area contributed by atoms with Crippen LogP contribution in [0.15, 0.2) is 73.6 Å². The zero-order chi connectivity index (χ0) is 31.9. The zero-order valence-electron chi connectivity index (χ0n) is 25.3. The Kier molecular flexibility index (Phi) is 9.32. The fourth-order valence-corrected chi connectivity index (χ4v) is 5.97. The van der Waals surface area contributed by atoms with Crippen LogP contribution < -0.4 is 10.6 Å². The van der Waals surface area contributed by atoms with E-state index in [2.05, 4.69) is 30.6 Å². The quantitative estimate of drug-likeness (QED) is 0.198. The lowest BCUT2D eigenvalue weighted by molar-refractivity contribution is -0.136. The molecule has 2 saturated heterocycles. The molecule has 0 spiro atoms. The molecule has 0 bridgehead atoms. The van der Waals surface area contributed by atoms with E-state index in [-0.39, 0.29) is 36.5 Å². The molecule has 236 valence electrons. The van der Waals surface area contributed by atoms with Gasteiger partial charge < -0.3 is 30.4 Å². The van der Waals surface area contributed by atoms with Crippen molar-refractivity contribution in [1.29, 1.82) is 0 Å². The number of H-pyrrole nitrogens is 2. The molecule has 12 heteroatoms. The van der Waals surface area contributed by atoms with E-state index in [1.54, 1.807) is 22.2 Å². The average Bonchev–Trinajstić information content (AvgIpc) is 3.89. The second-order valence-corrected chi connectivity index (χ2v) is 11.6. The molecule has 2 aliphatic rings. The van der Waals surface area contributed by atoms with Crippen molar-refractivity contribution in [1.82, 2.24) is 29.7 Å². The number of benzene rings is 2. The molecule has 2 fully saturated rings. The van der Waals surface area contributed by atoms with Gasteiger partial charge in [-0.25, -0.2) is 9.97 Å². The molecular weight excluding hydrogens is 584 g/mol. The van der Waals surface area contributed by atoms with Gasteiger partial charge in [0.25, 0.3) is 0 Å². The minimum Gasteiger partial charge on any atom is -0.348 e. The lowest BCUT2D eigenvalue weighted by atomic mass is 10.1. The largest absolute Gasteiger partial charge is 0.348 e. The summed E-state index contributed by atoms with van der Waals surface area (Å²) in [5.41, 5.74) is 4.69. The minimum atomic E-state index is -0.491. The average molecular weight is 621 g/mol. The predicted octanol–water partition coefficient (Wildman–Crippen LogP) is 3.65. The molecule has 12 nitrogen and oxygen atoms in total. The molecule has 2 aromatic carbocycles. The first-order valence-corrected chi connectivity index (χ1v) is 15.5. The molecule has 6 rings (SSSR count). The number of carbonyl (C=O) groups excluding carboxylic acids is 4. The van der Waals surface area contributed by atoms with Crippen LogP contribution in [0, 0.1) is 0 Å². The van der Waals surface area contributed by atoms with Crippen molar-refractivity contribution in [3.63, 3.8) is 0 Å². The molecule has 0 saturated carbocycles. The summed E-state index contributed by atoms with van der Waals surface area (Å²) in [5, 5.41) is 5.90. The van der Waals surface area contributed by atoms with Gasteiger partial charge in [-0.3, -0.25) is 19.2 Å². The number of likely N-dealkylation sites (tertiary alicyclic amines) is 2. The van der Waals surface area contributed by atoms with Crippen LogP contribution in [-0.4, -0.2) is 78.5 Å². The summed E-state index contributed by atoms with van der Waals surface area (Å²) in [6, 6.07) is 14.0. The number of nitrogens with one attached hydrogen (secondary N) is 4. The number of amides is 4. The maximum absolute atomic E-state index is 13.0. The Morgan fingerprint density at radius 1 is 0.674 bits per heavy atom. The van der Waals surface area contributed by atoms with Gasteiger partial charge in [-0.2, -0.15) is 0 Å². The summed E-state index contributed by atoms with van der Waals surface area (Å²) < 4.78 is 0. The van der Waals surface area contributed by atoms with Gasteiger partial charge in [0.2, 0.25) is 23.6 Å². The summed E-state index contributed by atoms with van der Waals surface area (Å²) in [5.74, 6) is -0.557. The highest BCUT2D eigenvalue weighted by Gasteiger charge is 2.35. The Morgan fingerprint density at radius 3 is 1.46 bits per heavy atom. The Bertz CT molecular complexity index is 1560. The number of carbonyl (C=O) groups is 4. The number of rotatable bonds is 10. The first-order valence-electron chi connectivity index (χ1n) is 15.5. The van der Waals surface area contributed by atoms with Gasteiger partial charge in [0.1, 0.15) is 12.1 Å². The molecule has 2 aliphatic heterocycles. The van der Waals surface area contributed by atoms with E-state index in [4.69, 9.17) is 0 Å². The van der Waals surface area contributed by atoms with Gasteiger partial charge in [0.05, 0.1) is 25.5 Å². The third-order valence-corrected chi connectivity index (χ3v) is 8.37. The third kappa shape index (κ3) is 7.40.